The van der Waals surface area contributed by atoms with Crippen LogP contribution >= 0.6 is 0 Å². The average molecular weight is 256 g/mol. The van der Waals surface area contributed by atoms with E-state index in [0.29, 0.717) is 6.04 Å². The second kappa shape index (κ2) is 4.68. The van der Waals surface area contributed by atoms with Crippen molar-refractivity contribution in [1.29, 1.82) is 0 Å². The van der Waals surface area contributed by atoms with Crippen molar-refractivity contribution in [1.82, 2.24) is 9.88 Å². The van der Waals surface area contributed by atoms with Gasteiger partial charge < -0.3 is 9.88 Å². The van der Waals surface area contributed by atoms with Crippen LogP contribution < -0.4 is 5.32 Å². The molecule has 0 radical (unpaired) electrons. The fourth-order valence-corrected chi connectivity index (χ4v) is 3.78. The zero-order valence-electron chi connectivity index (χ0n) is 12.5. The third kappa shape index (κ3) is 1.99. The van der Waals surface area contributed by atoms with E-state index in [-0.39, 0.29) is 0 Å². The Morgan fingerprint density at radius 2 is 1.95 bits per heavy atom. The smallest absolute Gasteiger partial charge is 0.0513 e. The number of fused-ring (bicyclic) bond motifs is 1. The summed E-state index contributed by atoms with van der Waals surface area (Å²) in [7, 11) is 2.23. The first-order chi connectivity index (χ1) is 9.09. The normalized spacial score (nSPS) is 20.1. The first-order valence-corrected chi connectivity index (χ1v) is 7.39. The fourth-order valence-electron chi connectivity index (χ4n) is 3.78. The summed E-state index contributed by atoms with van der Waals surface area (Å²) in [5.41, 5.74) is 7.11. The predicted molar refractivity (Wildman–Crippen MR) is 81.7 cm³/mol. The van der Waals surface area contributed by atoms with Gasteiger partial charge in [-0.3, -0.25) is 0 Å². The van der Waals surface area contributed by atoms with Gasteiger partial charge in [-0.05, 0) is 57.4 Å². The van der Waals surface area contributed by atoms with E-state index in [1.807, 2.05) is 0 Å². The van der Waals surface area contributed by atoms with Crippen molar-refractivity contribution in [3.05, 3.63) is 34.5 Å². The number of benzene rings is 1. The molecule has 3 rings (SSSR count). The second-order valence-corrected chi connectivity index (χ2v) is 6.05. The largest absolute Gasteiger partial charge is 0.346 e. The van der Waals surface area contributed by atoms with E-state index in [0.717, 1.165) is 6.54 Å². The molecule has 1 unspecified atom stereocenters. The van der Waals surface area contributed by atoms with Crippen LogP contribution in [0.15, 0.2) is 12.1 Å². The lowest BCUT2D eigenvalue weighted by Gasteiger charge is -2.25. The molecule has 102 valence electrons. The zero-order valence-corrected chi connectivity index (χ0v) is 12.5. The lowest BCUT2D eigenvalue weighted by Crippen LogP contribution is -2.28. The van der Waals surface area contributed by atoms with Gasteiger partial charge in [0.1, 0.15) is 0 Å². The Morgan fingerprint density at radius 3 is 2.63 bits per heavy atom. The molecule has 0 spiro atoms. The molecule has 0 aliphatic carbocycles. The number of aryl methyl sites for hydroxylation is 4. The van der Waals surface area contributed by atoms with Crippen molar-refractivity contribution in [2.24, 2.45) is 7.05 Å². The van der Waals surface area contributed by atoms with Crippen LogP contribution in [0.2, 0.25) is 0 Å². The number of piperidine rings is 1. The van der Waals surface area contributed by atoms with Gasteiger partial charge in [-0.1, -0.05) is 18.1 Å². The van der Waals surface area contributed by atoms with E-state index in [9.17, 15) is 0 Å². The van der Waals surface area contributed by atoms with Crippen LogP contribution in [-0.4, -0.2) is 11.1 Å². The van der Waals surface area contributed by atoms with E-state index in [1.165, 1.54) is 52.5 Å². The number of rotatable bonds is 1. The molecule has 1 aliphatic rings. The number of nitrogens with zero attached hydrogens (tertiary/aromatic N) is 1. The van der Waals surface area contributed by atoms with Gasteiger partial charge >= 0.3 is 0 Å². The Morgan fingerprint density at radius 1 is 1.16 bits per heavy atom. The van der Waals surface area contributed by atoms with E-state index in [4.69, 9.17) is 0 Å². The van der Waals surface area contributed by atoms with Crippen molar-refractivity contribution in [2.75, 3.05) is 6.54 Å². The van der Waals surface area contributed by atoms with Gasteiger partial charge in [0.2, 0.25) is 0 Å². The molecule has 2 heterocycles. The van der Waals surface area contributed by atoms with Crippen LogP contribution in [0.1, 0.15) is 47.7 Å². The molecule has 1 atom stereocenters. The zero-order chi connectivity index (χ0) is 13.6. The Labute approximate surface area is 115 Å². The van der Waals surface area contributed by atoms with Crippen molar-refractivity contribution in [2.45, 2.75) is 46.1 Å². The van der Waals surface area contributed by atoms with Gasteiger partial charge in [0.05, 0.1) is 5.52 Å². The van der Waals surface area contributed by atoms with Crippen LogP contribution in [0.3, 0.4) is 0 Å². The fraction of sp³-hybridized carbons (Fsp3) is 0.529. The summed E-state index contributed by atoms with van der Waals surface area (Å²) in [6, 6.07) is 5.16. The molecule has 2 heteroatoms. The van der Waals surface area contributed by atoms with Crippen LogP contribution in [-0.2, 0) is 7.05 Å². The van der Waals surface area contributed by atoms with Gasteiger partial charge in [0.25, 0.3) is 0 Å². The van der Waals surface area contributed by atoms with Crippen molar-refractivity contribution >= 4 is 10.9 Å². The number of aromatic nitrogens is 1. The molecule has 1 fully saturated rings. The van der Waals surface area contributed by atoms with Crippen molar-refractivity contribution in [3.8, 4) is 0 Å². The minimum absolute atomic E-state index is 0.533. The number of hydrogen-bond donors (Lipinski definition) is 1. The average Bonchev–Trinajstić information content (AvgIpc) is 2.62. The van der Waals surface area contributed by atoms with Crippen LogP contribution in [0.4, 0.5) is 0 Å². The topological polar surface area (TPSA) is 17.0 Å². The maximum Gasteiger partial charge on any atom is 0.0513 e. The lowest BCUT2D eigenvalue weighted by atomic mass is 9.98. The summed E-state index contributed by atoms with van der Waals surface area (Å²) in [6.45, 7) is 7.86. The third-order valence-corrected chi connectivity index (χ3v) is 4.57. The third-order valence-electron chi connectivity index (χ3n) is 4.57. The second-order valence-electron chi connectivity index (χ2n) is 6.05. The van der Waals surface area contributed by atoms with Crippen LogP contribution in [0.25, 0.3) is 10.9 Å². The first kappa shape index (κ1) is 12.7. The molecule has 1 aliphatic heterocycles. The highest BCUT2D eigenvalue weighted by Gasteiger charge is 2.22. The van der Waals surface area contributed by atoms with E-state index in [1.54, 1.807) is 0 Å². The van der Waals surface area contributed by atoms with Gasteiger partial charge in [-0.15, -0.1) is 0 Å². The molecule has 19 heavy (non-hydrogen) atoms. The van der Waals surface area contributed by atoms with Gasteiger partial charge in [0, 0.05) is 24.2 Å². The molecule has 0 bridgehead atoms. The van der Waals surface area contributed by atoms with Crippen molar-refractivity contribution in [3.63, 3.8) is 0 Å². The number of hydrogen-bond acceptors (Lipinski definition) is 1. The Bertz CT molecular complexity index is 616. The maximum absolute atomic E-state index is 3.69. The standard InChI is InChI=1S/C17H24N2/c1-11-9-12(2)16-14(10-11)13(3)17(19(16)4)15-7-5-6-8-18-15/h9-10,15,18H,5-8H2,1-4H3. The van der Waals surface area contributed by atoms with E-state index >= 15 is 0 Å². The highest BCUT2D eigenvalue weighted by atomic mass is 15.0. The van der Waals surface area contributed by atoms with Gasteiger partial charge in [0.15, 0.2) is 0 Å². The molecule has 2 aromatic rings. The summed E-state index contributed by atoms with van der Waals surface area (Å²) >= 11 is 0. The first-order valence-electron chi connectivity index (χ1n) is 7.39. The molecule has 1 N–H and O–H groups in total. The molecule has 0 amide bonds. The number of nitrogens with one attached hydrogen (secondary N) is 1. The maximum atomic E-state index is 3.69. The SMILES string of the molecule is Cc1cc(C)c2c(c1)c(C)c(C1CCCCN1)n2C. The van der Waals surface area contributed by atoms with Crippen molar-refractivity contribution < 1.29 is 0 Å². The minimum atomic E-state index is 0.533. The Kier molecular flexibility index (Phi) is 3.14. The molecular weight excluding hydrogens is 232 g/mol. The Balaban J connectivity index is 2.22. The molecule has 1 saturated heterocycles. The summed E-state index contributed by atoms with van der Waals surface area (Å²) < 4.78 is 2.42. The van der Waals surface area contributed by atoms with Gasteiger partial charge in [-0.2, -0.15) is 0 Å². The molecule has 1 aromatic carbocycles. The van der Waals surface area contributed by atoms with Crippen LogP contribution in [0.5, 0.6) is 0 Å². The molecule has 0 saturated carbocycles. The van der Waals surface area contributed by atoms with E-state index < -0.39 is 0 Å². The Hall–Kier alpha value is -1.28. The molecular formula is C17H24N2. The molecule has 1 aromatic heterocycles. The van der Waals surface area contributed by atoms with Crippen LogP contribution in [0, 0.1) is 20.8 Å². The lowest BCUT2D eigenvalue weighted by molar-refractivity contribution is 0.398. The monoisotopic (exact) mass is 256 g/mol. The summed E-state index contributed by atoms with van der Waals surface area (Å²) in [5, 5.41) is 5.12. The minimum Gasteiger partial charge on any atom is -0.346 e. The summed E-state index contributed by atoms with van der Waals surface area (Å²) in [6.07, 6.45) is 3.93. The predicted octanol–water partition coefficient (Wildman–Crippen LogP) is 3.92. The molecule has 2 nitrogen and oxygen atoms in total. The highest BCUT2D eigenvalue weighted by Crippen LogP contribution is 2.34. The summed E-state index contributed by atoms with van der Waals surface area (Å²) in [4.78, 5) is 0. The summed E-state index contributed by atoms with van der Waals surface area (Å²) in [5.74, 6) is 0. The highest BCUT2D eigenvalue weighted by molar-refractivity contribution is 5.88. The quantitative estimate of drug-likeness (QED) is 0.818. The van der Waals surface area contributed by atoms with E-state index in [2.05, 4.69) is 49.8 Å². The van der Waals surface area contributed by atoms with Gasteiger partial charge in [-0.25, -0.2) is 0 Å².